The maximum atomic E-state index is 6.16. The van der Waals surface area contributed by atoms with Crippen LogP contribution >= 0.6 is 0 Å². The summed E-state index contributed by atoms with van der Waals surface area (Å²) in [6.07, 6.45) is 0. The average molecular weight is 306 g/mol. The second-order valence-corrected chi connectivity index (χ2v) is 5.21. The average Bonchev–Trinajstić information content (AvgIpc) is 2.49. The summed E-state index contributed by atoms with van der Waals surface area (Å²) in [7, 11) is 0. The predicted molar refractivity (Wildman–Crippen MR) is 96.0 cm³/mol. The summed E-state index contributed by atoms with van der Waals surface area (Å²) in [6, 6.07) is 18.0. The van der Waals surface area contributed by atoms with E-state index >= 15 is 0 Å². The number of nitrogens with two attached hydrogens (primary N) is 4. The number of anilines is 4. The van der Waals surface area contributed by atoms with Crippen LogP contribution in [0.15, 0.2) is 60.7 Å². The van der Waals surface area contributed by atoms with E-state index in [0.29, 0.717) is 45.4 Å². The van der Waals surface area contributed by atoms with Gasteiger partial charge in [0.1, 0.15) is 11.5 Å². The van der Waals surface area contributed by atoms with Crippen LogP contribution < -0.4 is 27.7 Å². The van der Waals surface area contributed by atoms with Crippen molar-refractivity contribution in [1.29, 1.82) is 0 Å². The van der Waals surface area contributed by atoms with E-state index in [1.165, 1.54) is 0 Å². The van der Waals surface area contributed by atoms with Crippen LogP contribution in [0.1, 0.15) is 0 Å². The summed E-state index contributed by atoms with van der Waals surface area (Å²) in [5, 5.41) is 0. The van der Waals surface area contributed by atoms with Crippen LogP contribution in [-0.4, -0.2) is 0 Å². The minimum absolute atomic E-state index is 0.538. The second kappa shape index (κ2) is 5.81. The van der Waals surface area contributed by atoms with E-state index in [0.717, 1.165) is 0 Å². The molecule has 0 atom stereocenters. The smallest absolute Gasteiger partial charge is 0.137 e. The van der Waals surface area contributed by atoms with Gasteiger partial charge in [0.15, 0.2) is 0 Å². The number of benzene rings is 3. The topological polar surface area (TPSA) is 113 Å². The van der Waals surface area contributed by atoms with Crippen LogP contribution in [0.3, 0.4) is 0 Å². The van der Waals surface area contributed by atoms with Gasteiger partial charge in [-0.2, -0.15) is 0 Å². The highest BCUT2D eigenvalue weighted by atomic mass is 16.5. The van der Waals surface area contributed by atoms with Gasteiger partial charge < -0.3 is 27.7 Å². The van der Waals surface area contributed by atoms with Crippen LogP contribution in [-0.2, 0) is 0 Å². The monoisotopic (exact) mass is 306 g/mol. The van der Waals surface area contributed by atoms with Gasteiger partial charge in [-0.25, -0.2) is 0 Å². The lowest BCUT2D eigenvalue weighted by Crippen LogP contribution is -2.01. The molecule has 0 radical (unpaired) electrons. The first kappa shape index (κ1) is 14.6. The first-order valence-electron chi connectivity index (χ1n) is 7.12. The fraction of sp³-hybridized carbons (Fsp3) is 0. The molecule has 0 heterocycles. The minimum Gasteiger partial charge on any atom is -0.457 e. The number of ether oxygens (including phenoxy) is 1. The normalized spacial score (nSPS) is 10.4. The molecule has 0 aliphatic heterocycles. The molecule has 0 unspecified atom stereocenters. The standard InChI is InChI=1S/C18H18N4O/c19-11-4-1-5-12(10-11)23-16-9-3-8-15(22)18(16)17-13(20)6-2-7-14(17)21/h1-10H,19-22H2. The van der Waals surface area contributed by atoms with Gasteiger partial charge in [-0.3, -0.25) is 0 Å². The predicted octanol–water partition coefficient (Wildman–Crippen LogP) is 3.47. The summed E-state index contributed by atoms with van der Waals surface area (Å²) in [5.74, 6) is 1.19. The quantitative estimate of drug-likeness (QED) is 0.553. The van der Waals surface area contributed by atoms with Gasteiger partial charge in [0.2, 0.25) is 0 Å². The fourth-order valence-corrected chi connectivity index (χ4v) is 2.48. The zero-order valence-electron chi connectivity index (χ0n) is 12.5. The molecule has 0 saturated heterocycles. The molecule has 0 saturated carbocycles. The summed E-state index contributed by atoms with van der Waals surface area (Å²) < 4.78 is 5.96. The molecule has 3 rings (SSSR count). The lowest BCUT2D eigenvalue weighted by molar-refractivity contribution is 0.485. The molecule has 0 spiro atoms. The first-order chi connectivity index (χ1) is 11.1. The Hall–Kier alpha value is -3.34. The fourth-order valence-electron chi connectivity index (χ4n) is 2.48. The lowest BCUT2D eigenvalue weighted by atomic mass is 9.99. The van der Waals surface area contributed by atoms with E-state index in [4.69, 9.17) is 27.7 Å². The highest BCUT2D eigenvalue weighted by Gasteiger charge is 2.16. The van der Waals surface area contributed by atoms with Crippen molar-refractivity contribution in [2.24, 2.45) is 0 Å². The second-order valence-electron chi connectivity index (χ2n) is 5.21. The summed E-state index contributed by atoms with van der Waals surface area (Å²) in [4.78, 5) is 0. The van der Waals surface area contributed by atoms with Gasteiger partial charge in [-0.1, -0.05) is 18.2 Å². The Balaban J connectivity index is 2.15. The van der Waals surface area contributed by atoms with Crippen molar-refractivity contribution in [2.45, 2.75) is 0 Å². The van der Waals surface area contributed by atoms with E-state index in [1.807, 2.05) is 24.3 Å². The molecule has 5 heteroatoms. The number of hydrogen-bond donors (Lipinski definition) is 4. The summed E-state index contributed by atoms with van der Waals surface area (Å²) >= 11 is 0. The van der Waals surface area contributed by atoms with Crippen LogP contribution in [0.5, 0.6) is 11.5 Å². The Morgan fingerprint density at radius 2 is 1.17 bits per heavy atom. The maximum Gasteiger partial charge on any atom is 0.137 e. The highest BCUT2D eigenvalue weighted by molar-refractivity contribution is 5.95. The van der Waals surface area contributed by atoms with Gasteiger partial charge >= 0.3 is 0 Å². The summed E-state index contributed by atoms with van der Waals surface area (Å²) in [6.45, 7) is 0. The zero-order valence-corrected chi connectivity index (χ0v) is 12.5. The molecule has 0 aliphatic rings. The van der Waals surface area contributed by atoms with Crippen molar-refractivity contribution in [3.05, 3.63) is 60.7 Å². The third-order valence-electron chi connectivity index (χ3n) is 3.52. The Labute approximate surface area is 134 Å². The SMILES string of the molecule is Nc1cccc(Oc2cccc(N)c2-c2c(N)cccc2N)c1. The molecule has 0 aliphatic carbocycles. The Kier molecular flexibility index (Phi) is 3.68. The van der Waals surface area contributed by atoms with Crippen molar-refractivity contribution >= 4 is 22.7 Å². The van der Waals surface area contributed by atoms with E-state index < -0.39 is 0 Å². The summed E-state index contributed by atoms with van der Waals surface area (Å²) in [5.41, 5.74) is 27.7. The highest BCUT2D eigenvalue weighted by Crippen LogP contribution is 2.43. The van der Waals surface area contributed by atoms with E-state index in [2.05, 4.69) is 0 Å². The van der Waals surface area contributed by atoms with Crippen LogP contribution in [0.2, 0.25) is 0 Å². The Bertz CT molecular complexity index is 841. The number of rotatable bonds is 3. The van der Waals surface area contributed by atoms with Crippen molar-refractivity contribution in [1.82, 2.24) is 0 Å². The number of hydrogen-bond acceptors (Lipinski definition) is 5. The van der Waals surface area contributed by atoms with Gasteiger partial charge in [0.05, 0.1) is 5.56 Å². The van der Waals surface area contributed by atoms with Crippen molar-refractivity contribution < 1.29 is 4.74 Å². The van der Waals surface area contributed by atoms with Crippen LogP contribution in [0.4, 0.5) is 22.7 Å². The van der Waals surface area contributed by atoms with Crippen molar-refractivity contribution in [3.63, 3.8) is 0 Å². The van der Waals surface area contributed by atoms with Crippen LogP contribution in [0.25, 0.3) is 11.1 Å². The molecule has 8 N–H and O–H groups in total. The molecule has 0 fully saturated rings. The molecule has 0 aromatic heterocycles. The molecule has 0 bridgehead atoms. The van der Waals surface area contributed by atoms with Crippen LogP contribution in [0, 0.1) is 0 Å². The molecular weight excluding hydrogens is 288 g/mol. The van der Waals surface area contributed by atoms with Gasteiger partial charge in [0.25, 0.3) is 0 Å². The maximum absolute atomic E-state index is 6.16. The third kappa shape index (κ3) is 2.85. The van der Waals surface area contributed by atoms with E-state index in [-0.39, 0.29) is 0 Å². The molecule has 0 amide bonds. The van der Waals surface area contributed by atoms with Crippen molar-refractivity contribution in [2.75, 3.05) is 22.9 Å². The Morgan fingerprint density at radius 3 is 1.83 bits per heavy atom. The van der Waals surface area contributed by atoms with Gasteiger partial charge in [-0.15, -0.1) is 0 Å². The largest absolute Gasteiger partial charge is 0.457 e. The molecule has 3 aromatic rings. The molecule has 23 heavy (non-hydrogen) atoms. The lowest BCUT2D eigenvalue weighted by Gasteiger charge is -2.17. The third-order valence-corrected chi connectivity index (χ3v) is 3.52. The molecular formula is C18H18N4O. The Morgan fingerprint density at radius 1 is 0.609 bits per heavy atom. The van der Waals surface area contributed by atoms with Gasteiger partial charge in [-0.05, 0) is 36.4 Å². The zero-order chi connectivity index (χ0) is 16.4. The number of nitrogen functional groups attached to an aromatic ring is 4. The van der Waals surface area contributed by atoms with E-state index in [9.17, 15) is 0 Å². The van der Waals surface area contributed by atoms with E-state index in [1.54, 1.807) is 36.4 Å². The first-order valence-corrected chi connectivity index (χ1v) is 7.12. The molecule has 116 valence electrons. The minimum atomic E-state index is 0.538. The molecule has 5 nitrogen and oxygen atoms in total. The van der Waals surface area contributed by atoms with Crippen molar-refractivity contribution in [3.8, 4) is 22.6 Å². The van der Waals surface area contributed by atoms with Gasteiger partial charge in [0, 0.05) is 34.4 Å². The molecule has 3 aromatic carbocycles.